The van der Waals surface area contributed by atoms with Crippen molar-refractivity contribution in [1.82, 2.24) is 4.90 Å². The first-order valence-corrected chi connectivity index (χ1v) is 8.08. The van der Waals surface area contributed by atoms with Crippen LogP contribution in [0.3, 0.4) is 0 Å². The number of rotatable bonds is 6. The van der Waals surface area contributed by atoms with Gasteiger partial charge >= 0.3 is 0 Å². The third-order valence-corrected chi connectivity index (χ3v) is 3.92. The SMILES string of the molecule is CC(=O)c1cc(Br)ccc1OCC(=O)N(C)Cc1ccc(F)cc1. The lowest BCUT2D eigenvalue weighted by atomic mass is 10.1. The molecule has 0 spiro atoms. The van der Waals surface area contributed by atoms with Crippen LogP contribution in [0.5, 0.6) is 5.75 Å². The number of benzene rings is 2. The number of hydrogen-bond donors (Lipinski definition) is 0. The molecule has 0 N–H and O–H groups in total. The van der Waals surface area contributed by atoms with Gasteiger partial charge in [0, 0.05) is 18.1 Å². The molecule has 0 aliphatic carbocycles. The predicted octanol–water partition coefficient (Wildman–Crippen LogP) is 3.83. The van der Waals surface area contributed by atoms with Gasteiger partial charge in [-0.25, -0.2) is 4.39 Å². The number of amides is 1. The van der Waals surface area contributed by atoms with Crippen molar-refractivity contribution in [3.8, 4) is 5.75 Å². The van der Waals surface area contributed by atoms with Gasteiger partial charge in [-0.3, -0.25) is 9.59 Å². The molecule has 0 saturated carbocycles. The van der Waals surface area contributed by atoms with Crippen LogP contribution < -0.4 is 4.74 Å². The molecule has 0 saturated heterocycles. The highest BCUT2D eigenvalue weighted by Crippen LogP contribution is 2.23. The van der Waals surface area contributed by atoms with Gasteiger partial charge in [0.1, 0.15) is 11.6 Å². The van der Waals surface area contributed by atoms with Crippen LogP contribution in [0.2, 0.25) is 0 Å². The van der Waals surface area contributed by atoms with E-state index in [0.717, 1.165) is 10.0 Å². The van der Waals surface area contributed by atoms with E-state index in [1.165, 1.54) is 24.0 Å². The Balaban J connectivity index is 1.97. The summed E-state index contributed by atoms with van der Waals surface area (Å²) in [6, 6.07) is 11.0. The topological polar surface area (TPSA) is 46.6 Å². The first-order chi connectivity index (χ1) is 11.4. The van der Waals surface area contributed by atoms with Crippen molar-refractivity contribution in [1.29, 1.82) is 0 Å². The number of carbonyl (C=O) groups excluding carboxylic acids is 2. The Labute approximate surface area is 148 Å². The fourth-order valence-electron chi connectivity index (χ4n) is 2.10. The van der Waals surface area contributed by atoms with E-state index in [0.29, 0.717) is 17.9 Å². The van der Waals surface area contributed by atoms with Crippen molar-refractivity contribution in [3.63, 3.8) is 0 Å². The zero-order valence-electron chi connectivity index (χ0n) is 13.4. The van der Waals surface area contributed by atoms with Gasteiger partial charge in [-0.2, -0.15) is 0 Å². The Kier molecular flexibility index (Phi) is 6.09. The Hall–Kier alpha value is -2.21. The van der Waals surface area contributed by atoms with Crippen LogP contribution in [-0.4, -0.2) is 30.2 Å². The molecule has 0 bridgehead atoms. The summed E-state index contributed by atoms with van der Waals surface area (Å²) in [5.41, 5.74) is 1.23. The average Bonchev–Trinajstić information content (AvgIpc) is 2.55. The van der Waals surface area contributed by atoms with Crippen molar-refractivity contribution >= 4 is 27.6 Å². The van der Waals surface area contributed by atoms with Gasteiger partial charge in [0.05, 0.1) is 5.56 Å². The molecule has 24 heavy (non-hydrogen) atoms. The number of nitrogens with zero attached hydrogens (tertiary/aromatic N) is 1. The van der Waals surface area contributed by atoms with E-state index in [1.807, 2.05) is 0 Å². The van der Waals surface area contributed by atoms with Crippen LogP contribution in [0.1, 0.15) is 22.8 Å². The summed E-state index contributed by atoms with van der Waals surface area (Å²) in [7, 11) is 1.64. The lowest BCUT2D eigenvalue weighted by molar-refractivity contribution is -0.132. The van der Waals surface area contributed by atoms with Crippen molar-refractivity contribution < 1.29 is 18.7 Å². The molecule has 0 radical (unpaired) electrons. The van der Waals surface area contributed by atoms with Crippen LogP contribution >= 0.6 is 15.9 Å². The predicted molar refractivity (Wildman–Crippen MR) is 92.5 cm³/mol. The van der Waals surface area contributed by atoms with Crippen molar-refractivity contribution in [2.24, 2.45) is 0 Å². The quantitative estimate of drug-likeness (QED) is 0.700. The van der Waals surface area contributed by atoms with Crippen LogP contribution in [-0.2, 0) is 11.3 Å². The van der Waals surface area contributed by atoms with E-state index in [1.54, 1.807) is 37.4 Å². The number of likely N-dealkylation sites (N-methyl/N-ethyl adjacent to an activating group) is 1. The van der Waals surface area contributed by atoms with E-state index in [9.17, 15) is 14.0 Å². The van der Waals surface area contributed by atoms with Gasteiger partial charge < -0.3 is 9.64 Å². The summed E-state index contributed by atoms with van der Waals surface area (Å²) in [6.07, 6.45) is 0. The molecule has 0 unspecified atom stereocenters. The van der Waals surface area contributed by atoms with Gasteiger partial charge in [0.25, 0.3) is 5.91 Å². The maximum absolute atomic E-state index is 12.9. The zero-order chi connectivity index (χ0) is 17.7. The van der Waals surface area contributed by atoms with E-state index < -0.39 is 0 Å². The van der Waals surface area contributed by atoms with Crippen molar-refractivity contribution in [2.45, 2.75) is 13.5 Å². The van der Waals surface area contributed by atoms with Crippen molar-refractivity contribution in [2.75, 3.05) is 13.7 Å². The van der Waals surface area contributed by atoms with Gasteiger partial charge in [-0.1, -0.05) is 28.1 Å². The van der Waals surface area contributed by atoms with Crippen LogP contribution in [0.4, 0.5) is 4.39 Å². The summed E-state index contributed by atoms with van der Waals surface area (Å²) in [5.74, 6) is -0.326. The van der Waals surface area contributed by atoms with E-state index in [2.05, 4.69) is 15.9 Å². The zero-order valence-corrected chi connectivity index (χ0v) is 15.0. The molecule has 4 nitrogen and oxygen atoms in total. The molecular formula is C18H17BrFNO3. The van der Waals surface area contributed by atoms with Crippen molar-refractivity contribution in [3.05, 3.63) is 63.9 Å². The maximum Gasteiger partial charge on any atom is 0.260 e. The number of carbonyl (C=O) groups is 2. The van der Waals surface area contributed by atoms with Gasteiger partial charge in [0.2, 0.25) is 0 Å². The maximum atomic E-state index is 12.9. The lowest BCUT2D eigenvalue weighted by Crippen LogP contribution is -2.31. The Bertz CT molecular complexity index is 746. The second-order valence-corrected chi connectivity index (χ2v) is 6.28. The number of halogens is 2. The molecule has 126 valence electrons. The molecule has 0 fully saturated rings. The van der Waals surface area contributed by atoms with Crippen LogP contribution in [0.25, 0.3) is 0 Å². The summed E-state index contributed by atoms with van der Waals surface area (Å²) < 4.78 is 19.2. The Morgan fingerprint density at radius 2 is 1.83 bits per heavy atom. The molecule has 0 heterocycles. The molecule has 0 aromatic heterocycles. The van der Waals surface area contributed by atoms with E-state index in [4.69, 9.17) is 4.74 Å². The highest BCUT2D eigenvalue weighted by atomic mass is 79.9. The minimum Gasteiger partial charge on any atom is -0.483 e. The first-order valence-electron chi connectivity index (χ1n) is 7.28. The Morgan fingerprint density at radius 3 is 2.46 bits per heavy atom. The third kappa shape index (κ3) is 4.89. The first kappa shape index (κ1) is 18.1. The largest absolute Gasteiger partial charge is 0.483 e. The highest BCUT2D eigenvalue weighted by Gasteiger charge is 2.14. The molecule has 1 amide bonds. The Morgan fingerprint density at radius 1 is 1.17 bits per heavy atom. The molecule has 2 aromatic rings. The standard InChI is InChI=1S/C18H17BrFNO3/c1-12(22)16-9-14(19)5-8-17(16)24-11-18(23)21(2)10-13-3-6-15(20)7-4-13/h3-9H,10-11H2,1-2H3. The molecule has 0 atom stereocenters. The van der Waals surface area contributed by atoms with Gasteiger partial charge in [-0.05, 0) is 42.8 Å². The number of ether oxygens (including phenoxy) is 1. The summed E-state index contributed by atoms with van der Waals surface area (Å²) in [4.78, 5) is 25.3. The molecule has 0 aliphatic heterocycles. The third-order valence-electron chi connectivity index (χ3n) is 3.43. The monoisotopic (exact) mass is 393 g/mol. The van der Waals surface area contributed by atoms with Gasteiger partial charge in [0.15, 0.2) is 12.4 Å². The molecule has 6 heteroatoms. The molecule has 2 aromatic carbocycles. The minimum atomic E-state index is -0.317. The summed E-state index contributed by atoms with van der Waals surface area (Å²) >= 11 is 3.30. The fraction of sp³-hybridized carbons (Fsp3) is 0.222. The van der Waals surface area contributed by atoms with Gasteiger partial charge in [-0.15, -0.1) is 0 Å². The van der Waals surface area contributed by atoms with E-state index >= 15 is 0 Å². The number of hydrogen-bond acceptors (Lipinski definition) is 3. The second kappa shape index (κ2) is 8.06. The number of ketones is 1. The molecular weight excluding hydrogens is 377 g/mol. The van der Waals surface area contributed by atoms with Crippen LogP contribution in [0, 0.1) is 5.82 Å². The number of Topliss-reactive ketones (excluding diaryl/α,β-unsaturated/α-hetero) is 1. The minimum absolute atomic E-state index is 0.140. The average molecular weight is 394 g/mol. The fourth-order valence-corrected chi connectivity index (χ4v) is 2.47. The smallest absolute Gasteiger partial charge is 0.260 e. The van der Waals surface area contributed by atoms with E-state index in [-0.39, 0.29) is 24.1 Å². The highest BCUT2D eigenvalue weighted by molar-refractivity contribution is 9.10. The second-order valence-electron chi connectivity index (χ2n) is 5.36. The molecule has 0 aliphatic rings. The normalized spacial score (nSPS) is 10.3. The lowest BCUT2D eigenvalue weighted by Gasteiger charge is -2.18. The van der Waals surface area contributed by atoms with Crippen LogP contribution in [0.15, 0.2) is 46.9 Å². The summed E-state index contributed by atoms with van der Waals surface area (Å²) in [6.45, 7) is 1.61. The summed E-state index contributed by atoms with van der Waals surface area (Å²) in [5, 5.41) is 0. The molecule has 2 rings (SSSR count).